The molecule has 190 valence electrons. The minimum absolute atomic E-state index is 0.0123. The quantitative estimate of drug-likeness (QED) is 0.273. The van der Waals surface area contributed by atoms with Crippen LogP contribution in [-0.4, -0.2) is 76.6 Å². The number of hydrogen-bond donors (Lipinski definition) is 4. The van der Waals surface area contributed by atoms with Crippen molar-refractivity contribution < 1.29 is 4.79 Å². The molecule has 0 saturated carbocycles. The van der Waals surface area contributed by atoms with E-state index in [1.54, 1.807) is 0 Å². The van der Waals surface area contributed by atoms with Crippen molar-refractivity contribution in [1.29, 1.82) is 0 Å². The molecule has 0 aliphatic carbocycles. The Labute approximate surface area is 214 Å². The topological polar surface area (TPSA) is 47.6 Å². The molecule has 0 aliphatic rings. The number of rotatable bonds is 15. The fraction of sp³-hybridized carbons (Fsp3) is 0.731. The molecular formula is C26H48N4OS2. The molecule has 33 heavy (non-hydrogen) atoms. The van der Waals surface area contributed by atoms with Gasteiger partial charge in [-0.05, 0) is 72.3 Å². The van der Waals surface area contributed by atoms with E-state index >= 15 is 0 Å². The van der Waals surface area contributed by atoms with Crippen LogP contribution in [0.1, 0.15) is 71.3 Å². The normalized spacial score (nSPS) is 13.1. The zero-order valence-electron chi connectivity index (χ0n) is 22.2. The molecule has 1 amide bonds. The van der Waals surface area contributed by atoms with Gasteiger partial charge in [-0.15, -0.1) is 0 Å². The maximum absolute atomic E-state index is 12.5. The average Bonchev–Trinajstić information content (AvgIpc) is 2.68. The summed E-state index contributed by atoms with van der Waals surface area (Å²) in [7, 11) is 0. The van der Waals surface area contributed by atoms with E-state index in [0.29, 0.717) is 12.1 Å². The van der Waals surface area contributed by atoms with Gasteiger partial charge in [-0.1, -0.05) is 26.0 Å². The van der Waals surface area contributed by atoms with Gasteiger partial charge in [0, 0.05) is 59.9 Å². The largest absolute Gasteiger partial charge is 0.351 e. The molecule has 0 bridgehead atoms. The Morgan fingerprint density at radius 1 is 0.879 bits per heavy atom. The highest BCUT2D eigenvalue weighted by atomic mass is 32.1. The second-order valence-corrected chi connectivity index (χ2v) is 13.4. The fourth-order valence-electron chi connectivity index (χ4n) is 3.77. The van der Waals surface area contributed by atoms with Crippen LogP contribution in [0.3, 0.4) is 0 Å². The molecule has 0 fully saturated rings. The van der Waals surface area contributed by atoms with Gasteiger partial charge in [-0.3, -0.25) is 9.69 Å². The molecule has 0 spiro atoms. The lowest BCUT2D eigenvalue weighted by molar-refractivity contribution is 0.0949. The van der Waals surface area contributed by atoms with E-state index in [2.05, 4.69) is 101 Å². The second-order valence-electron chi connectivity index (χ2n) is 11.0. The third-order valence-electron chi connectivity index (χ3n) is 5.46. The Bertz CT molecular complexity index is 704. The zero-order valence-corrected chi connectivity index (χ0v) is 24.0. The van der Waals surface area contributed by atoms with Crippen molar-refractivity contribution in [2.45, 2.75) is 77.0 Å². The SMILES string of the molecule is CCN(CC)CCNC(=O)c1ccc(CN(CC(C)(C)S)CC(C)(C)NCC(C)(C)S)cc1. The first kappa shape index (κ1) is 30.3. The number of amides is 1. The predicted molar refractivity (Wildman–Crippen MR) is 150 cm³/mol. The molecule has 0 aliphatic heterocycles. The maximum Gasteiger partial charge on any atom is 0.251 e. The summed E-state index contributed by atoms with van der Waals surface area (Å²) >= 11 is 9.43. The Balaban J connectivity index is 2.77. The minimum Gasteiger partial charge on any atom is -0.351 e. The molecule has 1 aromatic carbocycles. The standard InChI is InChI=1S/C26H48N4OS2/c1-9-29(10-2)16-15-27-23(31)22-13-11-21(12-14-22)17-30(20-26(7,8)33)19-24(3,4)28-18-25(5,6)32/h11-14,28,32-33H,9-10,15-20H2,1-8H3,(H,27,31). The number of nitrogens with zero attached hydrogens (tertiary/aromatic N) is 2. The number of hydrogen-bond acceptors (Lipinski definition) is 6. The van der Waals surface area contributed by atoms with Gasteiger partial charge in [-0.2, -0.15) is 25.3 Å². The van der Waals surface area contributed by atoms with Gasteiger partial charge in [-0.25, -0.2) is 0 Å². The van der Waals surface area contributed by atoms with Crippen molar-refractivity contribution in [3.63, 3.8) is 0 Å². The first-order chi connectivity index (χ1) is 15.1. The van der Waals surface area contributed by atoms with E-state index in [1.165, 1.54) is 5.56 Å². The summed E-state index contributed by atoms with van der Waals surface area (Å²) in [6.45, 7) is 24.2. The van der Waals surface area contributed by atoms with Gasteiger partial charge in [0.05, 0.1) is 0 Å². The number of carbonyl (C=O) groups is 1. The number of likely N-dealkylation sites (N-methyl/N-ethyl adjacent to an activating group) is 1. The monoisotopic (exact) mass is 496 g/mol. The van der Waals surface area contributed by atoms with E-state index in [-0.39, 0.29) is 20.9 Å². The molecule has 0 saturated heterocycles. The third-order valence-corrected chi connectivity index (χ3v) is 5.76. The first-order valence-corrected chi connectivity index (χ1v) is 13.1. The van der Waals surface area contributed by atoms with Gasteiger partial charge >= 0.3 is 0 Å². The summed E-state index contributed by atoms with van der Waals surface area (Å²) in [6, 6.07) is 7.99. The van der Waals surface area contributed by atoms with Gasteiger partial charge in [0.2, 0.25) is 0 Å². The molecule has 1 aromatic rings. The third kappa shape index (κ3) is 13.7. The maximum atomic E-state index is 12.5. The molecule has 0 radical (unpaired) electrons. The summed E-state index contributed by atoms with van der Waals surface area (Å²) in [5, 5.41) is 6.69. The molecule has 2 N–H and O–H groups in total. The highest BCUT2D eigenvalue weighted by Crippen LogP contribution is 2.20. The number of thiol groups is 2. The Kier molecular flexibility index (Phi) is 12.3. The predicted octanol–water partition coefficient (Wildman–Crippen LogP) is 4.35. The van der Waals surface area contributed by atoms with Crippen LogP contribution < -0.4 is 10.6 Å². The van der Waals surface area contributed by atoms with Gasteiger partial charge in [0.25, 0.3) is 5.91 Å². The van der Waals surface area contributed by atoms with Gasteiger partial charge in [0.15, 0.2) is 0 Å². The molecule has 5 nitrogen and oxygen atoms in total. The lowest BCUT2D eigenvalue weighted by Crippen LogP contribution is -2.53. The van der Waals surface area contributed by atoms with Crippen LogP contribution in [0.25, 0.3) is 0 Å². The molecule has 0 unspecified atom stereocenters. The van der Waals surface area contributed by atoms with Crippen LogP contribution in [-0.2, 0) is 6.54 Å². The van der Waals surface area contributed by atoms with Crippen LogP contribution in [0.15, 0.2) is 24.3 Å². The Hall–Kier alpha value is -0.730. The molecule has 0 aromatic heterocycles. The van der Waals surface area contributed by atoms with E-state index in [0.717, 1.165) is 45.8 Å². The van der Waals surface area contributed by atoms with Crippen molar-refractivity contribution in [3.8, 4) is 0 Å². The fourth-order valence-corrected chi connectivity index (χ4v) is 4.05. The zero-order chi connectivity index (χ0) is 25.3. The summed E-state index contributed by atoms with van der Waals surface area (Å²) in [5.74, 6) is -0.0123. The molecule has 1 rings (SSSR count). The van der Waals surface area contributed by atoms with Crippen molar-refractivity contribution in [1.82, 2.24) is 20.4 Å². The average molecular weight is 497 g/mol. The summed E-state index contributed by atoms with van der Waals surface area (Å²) < 4.78 is -0.170. The van der Waals surface area contributed by atoms with Crippen LogP contribution in [0.5, 0.6) is 0 Å². The first-order valence-electron chi connectivity index (χ1n) is 12.2. The molecule has 0 atom stereocenters. The highest BCUT2D eigenvalue weighted by molar-refractivity contribution is 7.82. The van der Waals surface area contributed by atoms with Crippen LogP contribution in [0.2, 0.25) is 0 Å². The molecular weight excluding hydrogens is 448 g/mol. The summed E-state index contributed by atoms with van der Waals surface area (Å²) in [6.07, 6.45) is 0. The van der Waals surface area contributed by atoms with E-state index in [4.69, 9.17) is 12.6 Å². The van der Waals surface area contributed by atoms with E-state index in [1.807, 2.05) is 12.1 Å². The van der Waals surface area contributed by atoms with Crippen LogP contribution in [0, 0.1) is 0 Å². The van der Waals surface area contributed by atoms with Gasteiger partial charge in [0.1, 0.15) is 0 Å². The highest BCUT2D eigenvalue weighted by Gasteiger charge is 2.26. The lowest BCUT2D eigenvalue weighted by atomic mass is 10.0. The van der Waals surface area contributed by atoms with Crippen molar-refractivity contribution in [3.05, 3.63) is 35.4 Å². The minimum atomic E-state index is -0.108. The second kappa shape index (κ2) is 13.4. The molecule has 0 heterocycles. The van der Waals surface area contributed by atoms with E-state index in [9.17, 15) is 4.79 Å². The summed E-state index contributed by atoms with van der Waals surface area (Å²) in [4.78, 5) is 17.2. The smallest absolute Gasteiger partial charge is 0.251 e. The molecule has 7 heteroatoms. The van der Waals surface area contributed by atoms with Crippen molar-refractivity contribution in [2.75, 3.05) is 45.8 Å². The van der Waals surface area contributed by atoms with E-state index < -0.39 is 0 Å². The van der Waals surface area contributed by atoms with Crippen LogP contribution in [0.4, 0.5) is 0 Å². The Morgan fingerprint density at radius 3 is 1.94 bits per heavy atom. The van der Waals surface area contributed by atoms with Crippen LogP contribution >= 0.6 is 25.3 Å². The van der Waals surface area contributed by atoms with Gasteiger partial charge < -0.3 is 15.5 Å². The number of carbonyl (C=O) groups excluding carboxylic acids is 1. The lowest BCUT2D eigenvalue weighted by Gasteiger charge is -2.38. The summed E-state index contributed by atoms with van der Waals surface area (Å²) in [5.41, 5.74) is 1.83. The number of nitrogens with one attached hydrogen (secondary N) is 2. The van der Waals surface area contributed by atoms with Crippen molar-refractivity contribution in [2.24, 2.45) is 0 Å². The van der Waals surface area contributed by atoms with Crippen molar-refractivity contribution >= 4 is 31.2 Å². The Morgan fingerprint density at radius 2 is 1.45 bits per heavy atom. The number of benzene rings is 1.